The van der Waals surface area contributed by atoms with Gasteiger partial charge in [0, 0.05) is 35.8 Å². The zero-order valence-corrected chi connectivity index (χ0v) is 29.3. The summed E-state index contributed by atoms with van der Waals surface area (Å²) in [5.41, 5.74) is 6.08. The first-order valence-electron chi connectivity index (χ1n) is 17.4. The summed E-state index contributed by atoms with van der Waals surface area (Å²) in [5, 5.41) is 33.6. The average molecular weight is 701 g/mol. The average Bonchev–Trinajstić information content (AvgIpc) is 3.15. The van der Waals surface area contributed by atoms with Crippen molar-refractivity contribution in [2.45, 2.75) is 50.5 Å². The number of amides is 1. The van der Waals surface area contributed by atoms with E-state index in [9.17, 15) is 24.9 Å². The molecule has 1 aliphatic rings. The molecule has 0 spiro atoms. The molecule has 1 fully saturated rings. The highest BCUT2D eigenvalue weighted by atomic mass is 16.7. The van der Waals surface area contributed by atoms with Crippen molar-refractivity contribution in [3.8, 4) is 5.75 Å². The van der Waals surface area contributed by atoms with E-state index in [0.717, 1.165) is 27.8 Å². The van der Waals surface area contributed by atoms with Crippen LogP contribution in [0.1, 0.15) is 75.1 Å². The van der Waals surface area contributed by atoms with Crippen LogP contribution in [-0.2, 0) is 27.3 Å². The number of hydrogen-bond acceptors (Lipinski definition) is 8. The second-order valence-corrected chi connectivity index (χ2v) is 13.3. The van der Waals surface area contributed by atoms with E-state index in [1.807, 2.05) is 78.7 Å². The number of aliphatic hydroxyl groups excluding tert-OH is 2. The molecule has 6 rings (SSSR count). The molecule has 1 aliphatic heterocycles. The summed E-state index contributed by atoms with van der Waals surface area (Å²) in [6.45, 7) is 2.19. The lowest BCUT2D eigenvalue weighted by atomic mass is 9.83. The van der Waals surface area contributed by atoms with Crippen molar-refractivity contribution < 1.29 is 34.4 Å². The van der Waals surface area contributed by atoms with Gasteiger partial charge in [0.1, 0.15) is 5.75 Å². The van der Waals surface area contributed by atoms with Gasteiger partial charge in [-0.15, -0.1) is 0 Å². The van der Waals surface area contributed by atoms with Crippen LogP contribution in [0.15, 0.2) is 127 Å². The molecule has 1 amide bonds. The highest BCUT2D eigenvalue weighted by molar-refractivity contribution is 5.97. The van der Waals surface area contributed by atoms with Gasteiger partial charge in [0.15, 0.2) is 12.1 Å². The fourth-order valence-electron chi connectivity index (χ4n) is 6.68. The predicted molar refractivity (Wildman–Crippen MR) is 199 cm³/mol. The summed E-state index contributed by atoms with van der Waals surface area (Å²) >= 11 is 0. The molecule has 268 valence electrons. The molecule has 0 radical (unpaired) electrons. The Morgan fingerprint density at radius 1 is 0.788 bits per heavy atom. The summed E-state index contributed by atoms with van der Waals surface area (Å²) in [6, 6.07) is 38.9. The Morgan fingerprint density at radius 3 is 2.17 bits per heavy atom. The number of likely N-dealkylation sites (N-methyl/N-ethyl adjacent to an activating group) is 1. The Labute approximate surface area is 304 Å². The minimum atomic E-state index is -0.826. The van der Waals surface area contributed by atoms with Gasteiger partial charge >= 0.3 is 0 Å². The number of benzene rings is 5. The summed E-state index contributed by atoms with van der Waals surface area (Å²) in [6.07, 6.45) is -2.22. The molecule has 0 saturated carbocycles. The number of phenolic OH excluding ortho intramolecular Hbond substituents is 1. The van der Waals surface area contributed by atoms with Gasteiger partial charge in [-0.05, 0) is 66.1 Å². The summed E-state index contributed by atoms with van der Waals surface area (Å²) in [5.74, 6) is -0.396. The number of ketones is 1. The molecule has 52 heavy (non-hydrogen) atoms. The van der Waals surface area contributed by atoms with E-state index in [1.165, 1.54) is 6.92 Å². The minimum Gasteiger partial charge on any atom is -0.508 e. The van der Waals surface area contributed by atoms with Crippen LogP contribution < -0.4 is 5.32 Å². The van der Waals surface area contributed by atoms with Crippen molar-refractivity contribution in [2.24, 2.45) is 0 Å². The van der Waals surface area contributed by atoms with Gasteiger partial charge in [-0.3, -0.25) is 9.59 Å². The van der Waals surface area contributed by atoms with E-state index >= 15 is 0 Å². The highest BCUT2D eigenvalue weighted by Crippen LogP contribution is 2.47. The molecule has 0 aliphatic carbocycles. The highest BCUT2D eigenvalue weighted by Gasteiger charge is 2.42. The molecule has 1 unspecified atom stereocenters. The molecule has 9 heteroatoms. The molecule has 5 aromatic rings. The second kappa shape index (κ2) is 16.9. The van der Waals surface area contributed by atoms with E-state index in [2.05, 4.69) is 17.4 Å². The Morgan fingerprint density at radius 2 is 1.48 bits per heavy atom. The lowest BCUT2D eigenvalue weighted by Crippen LogP contribution is -2.44. The number of aliphatic hydroxyl groups is 2. The number of rotatable bonds is 13. The lowest BCUT2D eigenvalue weighted by molar-refractivity contribution is -0.263. The van der Waals surface area contributed by atoms with E-state index in [0.29, 0.717) is 29.9 Å². The number of nitrogens with one attached hydrogen (secondary N) is 1. The molecule has 1 heterocycles. The Hall–Kier alpha value is -5.16. The first kappa shape index (κ1) is 36.6. The van der Waals surface area contributed by atoms with Crippen LogP contribution in [-0.4, -0.2) is 58.2 Å². The third-order valence-electron chi connectivity index (χ3n) is 9.37. The summed E-state index contributed by atoms with van der Waals surface area (Å²) in [4.78, 5) is 26.7. The number of aromatic hydroxyl groups is 1. The standard InChI is InChI=1S/C43H44N2O7/c1-28(47)34-10-6-12-36(23-34)44-40(50)22-29-14-20-33(21-15-29)43-51-39(26-45(2)25-38(49)35-11-7-13-37(48)24-35)41(31-8-4-3-5-9-31)42(52-43)32-18-16-30(27-46)17-19-32/h3-21,23-24,38-39,41-43,46,48-49H,22,25-27H2,1-2H3,(H,44,50)/t38-,39-,41-,42+,43?/m1/s1. The first-order chi connectivity index (χ1) is 25.2. The van der Waals surface area contributed by atoms with Gasteiger partial charge in [0.25, 0.3) is 0 Å². The first-order valence-corrected chi connectivity index (χ1v) is 17.4. The molecule has 9 nitrogen and oxygen atoms in total. The molecule has 1 saturated heterocycles. The smallest absolute Gasteiger partial charge is 0.228 e. The maximum atomic E-state index is 12.9. The third kappa shape index (κ3) is 9.19. The quantitative estimate of drug-likeness (QED) is 0.0981. The molecule has 4 N–H and O–H groups in total. The molecular formula is C43H44N2O7. The van der Waals surface area contributed by atoms with Crippen LogP contribution in [0.25, 0.3) is 0 Å². The fraction of sp³-hybridized carbons (Fsp3) is 0.256. The fourth-order valence-corrected chi connectivity index (χ4v) is 6.68. The monoisotopic (exact) mass is 700 g/mol. The van der Waals surface area contributed by atoms with E-state index in [-0.39, 0.29) is 42.5 Å². The van der Waals surface area contributed by atoms with E-state index in [1.54, 1.807) is 48.5 Å². The summed E-state index contributed by atoms with van der Waals surface area (Å²) in [7, 11) is 1.93. The predicted octanol–water partition coefficient (Wildman–Crippen LogP) is 6.87. The molecule has 0 bridgehead atoms. The normalized spacial score (nSPS) is 19.2. The third-order valence-corrected chi connectivity index (χ3v) is 9.37. The Bertz CT molecular complexity index is 1950. The van der Waals surface area contributed by atoms with Gasteiger partial charge in [-0.25, -0.2) is 0 Å². The molecular weight excluding hydrogens is 656 g/mol. The number of nitrogens with zero attached hydrogens (tertiary/aromatic N) is 1. The number of Topliss-reactive ketones (excluding diaryl/α,β-unsaturated/α-hetero) is 1. The van der Waals surface area contributed by atoms with E-state index in [4.69, 9.17) is 9.47 Å². The van der Waals surface area contributed by atoms with Crippen molar-refractivity contribution in [3.05, 3.63) is 166 Å². The van der Waals surface area contributed by atoms with Gasteiger partial charge in [-0.2, -0.15) is 0 Å². The van der Waals surface area contributed by atoms with Crippen LogP contribution >= 0.6 is 0 Å². The number of hydrogen-bond donors (Lipinski definition) is 4. The lowest BCUT2D eigenvalue weighted by Gasteiger charge is -2.44. The molecule has 0 aromatic heterocycles. The van der Waals surface area contributed by atoms with Crippen molar-refractivity contribution in [1.82, 2.24) is 4.90 Å². The maximum Gasteiger partial charge on any atom is 0.228 e. The zero-order chi connectivity index (χ0) is 36.6. The van der Waals surface area contributed by atoms with Crippen LogP contribution in [0.3, 0.4) is 0 Å². The molecule has 5 atom stereocenters. The summed E-state index contributed by atoms with van der Waals surface area (Å²) < 4.78 is 13.6. The second-order valence-electron chi connectivity index (χ2n) is 13.3. The van der Waals surface area contributed by atoms with Gasteiger partial charge < -0.3 is 35.0 Å². The topological polar surface area (TPSA) is 129 Å². The van der Waals surface area contributed by atoms with Crippen LogP contribution in [0.2, 0.25) is 0 Å². The van der Waals surface area contributed by atoms with Crippen LogP contribution in [0.4, 0.5) is 5.69 Å². The maximum absolute atomic E-state index is 12.9. The van der Waals surface area contributed by atoms with Gasteiger partial charge in [0.2, 0.25) is 5.91 Å². The van der Waals surface area contributed by atoms with Gasteiger partial charge in [-0.1, -0.05) is 103 Å². The SMILES string of the molecule is CC(=O)c1cccc(NC(=O)Cc2ccc(C3O[C@H](CN(C)C[C@@H](O)c4cccc(O)c4)[C@@H](c4ccccc4)[C@H](c4ccc(CO)cc4)O3)cc2)c1. The number of anilines is 1. The number of phenols is 1. The van der Waals surface area contributed by atoms with Crippen molar-refractivity contribution in [2.75, 3.05) is 25.5 Å². The number of carbonyl (C=O) groups is 2. The van der Waals surface area contributed by atoms with Gasteiger partial charge in [0.05, 0.1) is 31.3 Å². The minimum absolute atomic E-state index is 0.0657. The van der Waals surface area contributed by atoms with Crippen molar-refractivity contribution in [3.63, 3.8) is 0 Å². The Balaban J connectivity index is 1.25. The molecule has 5 aromatic carbocycles. The van der Waals surface area contributed by atoms with E-state index < -0.39 is 18.5 Å². The largest absolute Gasteiger partial charge is 0.508 e. The van der Waals surface area contributed by atoms with Crippen molar-refractivity contribution in [1.29, 1.82) is 0 Å². The van der Waals surface area contributed by atoms with Crippen LogP contribution in [0, 0.1) is 0 Å². The zero-order valence-electron chi connectivity index (χ0n) is 29.3. The Kier molecular flexibility index (Phi) is 11.9. The number of carbonyl (C=O) groups excluding carboxylic acids is 2. The number of ether oxygens (including phenoxy) is 2. The van der Waals surface area contributed by atoms with Crippen LogP contribution in [0.5, 0.6) is 5.75 Å². The van der Waals surface area contributed by atoms with Crippen molar-refractivity contribution >= 4 is 17.4 Å².